The molecule has 0 unspecified atom stereocenters. The van der Waals surface area contributed by atoms with Crippen molar-refractivity contribution in [1.29, 1.82) is 0 Å². The Morgan fingerprint density at radius 3 is 2.76 bits per heavy atom. The van der Waals surface area contributed by atoms with Crippen LogP contribution in [-0.4, -0.2) is 16.1 Å². The van der Waals surface area contributed by atoms with E-state index in [0.717, 1.165) is 12.1 Å². The Hall–Kier alpha value is -2.04. The van der Waals surface area contributed by atoms with Crippen molar-refractivity contribution in [2.45, 2.75) is 13.5 Å². The lowest BCUT2D eigenvalue weighted by atomic mass is 10.1. The van der Waals surface area contributed by atoms with E-state index in [2.05, 4.69) is 5.10 Å². The van der Waals surface area contributed by atoms with E-state index in [0.29, 0.717) is 12.8 Å². The molecule has 17 heavy (non-hydrogen) atoms. The number of benzene rings is 1. The Morgan fingerprint density at radius 1 is 1.41 bits per heavy atom. The van der Waals surface area contributed by atoms with Crippen molar-refractivity contribution in [3.05, 3.63) is 41.6 Å². The first kappa shape index (κ1) is 11.4. The van der Waals surface area contributed by atoms with Crippen LogP contribution in [0.15, 0.2) is 24.4 Å². The maximum absolute atomic E-state index is 13.6. The third kappa shape index (κ3) is 2.08. The van der Waals surface area contributed by atoms with Gasteiger partial charge < -0.3 is 0 Å². The predicted octanol–water partition coefficient (Wildman–Crippen LogP) is 2.66. The van der Waals surface area contributed by atoms with Crippen molar-refractivity contribution in [1.82, 2.24) is 9.78 Å². The van der Waals surface area contributed by atoms with Crippen molar-refractivity contribution in [2.24, 2.45) is 0 Å². The first-order valence-electron chi connectivity index (χ1n) is 5.13. The standard InChI is InChI=1S/C12H10F2N2O/c1-2-16-6-8(7-17)12(15-16)10-4-3-9(13)5-11(10)14/h3-7H,2H2,1H3. The Bertz CT molecular complexity index is 564. The Morgan fingerprint density at radius 2 is 2.18 bits per heavy atom. The highest BCUT2D eigenvalue weighted by molar-refractivity contribution is 5.85. The summed E-state index contributed by atoms with van der Waals surface area (Å²) in [6, 6.07) is 3.19. The highest BCUT2D eigenvalue weighted by Crippen LogP contribution is 2.24. The molecule has 0 aliphatic carbocycles. The van der Waals surface area contributed by atoms with Crippen LogP contribution >= 0.6 is 0 Å². The number of hydrogen-bond acceptors (Lipinski definition) is 2. The van der Waals surface area contributed by atoms with Gasteiger partial charge >= 0.3 is 0 Å². The molecular formula is C12H10F2N2O. The quantitative estimate of drug-likeness (QED) is 0.768. The van der Waals surface area contributed by atoms with E-state index in [-0.39, 0.29) is 16.8 Å². The van der Waals surface area contributed by atoms with Crippen LogP contribution < -0.4 is 0 Å². The number of aromatic nitrogens is 2. The van der Waals surface area contributed by atoms with Gasteiger partial charge in [-0.05, 0) is 19.1 Å². The molecule has 0 fully saturated rings. The summed E-state index contributed by atoms with van der Waals surface area (Å²) in [7, 11) is 0. The van der Waals surface area contributed by atoms with Gasteiger partial charge in [0.25, 0.3) is 0 Å². The molecule has 0 aliphatic rings. The van der Waals surface area contributed by atoms with E-state index in [1.807, 2.05) is 6.92 Å². The molecule has 0 N–H and O–H groups in total. The second-order valence-electron chi connectivity index (χ2n) is 3.53. The van der Waals surface area contributed by atoms with Gasteiger partial charge in [0.1, 0.15) is 17.3 Å². The van der Waals surface area contributed by atoms with Crippen LogP contribution in [0.3, 0.4) is 0 Å². The van der Waals surface area contributed by atoms with Crippen LogP contribution in [0.4, 0.5) is 8.78 Å². The molecule has 0 saturated heterocycles. The zero-order valence-electron chi connectivity index (χ0n) is 9.15. The minimum absolute atomic E-state index is 0.126. The summed E-state index contributed by atoms with van der Waals surface area (Å²) in [6.45, 7) is 2.43. The first-order chi connectivity index (χ1) is 8.15. The number of aldehydes is 1. The molecule has 0 atom stereocenters. The van der Waals surface area contributed by atoms with Crippen molar-refractivity contribution in [3.8, 4) is 11.3 Å². The summed E-state index contributed by atoms with van der Waals surface area (Å²) in [5.41, 5.74) is 0.650. The molecule has 3 nitrogen and oxygen atoms in total. The molecule has 0 aliphatic heterocycles. The smallest absolute Gasteiger partial charge is 0.153 e. The molecule has 0 radical (unpaired) electrons. The molecule has 1 aromatic heterocycles. The zero-order valence-corrected chi connectivity index (χ0v) is 9.15. The van der Waals surface area contributed by atoms with Gasteiger partial charge in [0, 0.05) is 24.4 Å². The van der Waals surface area contributed by atoms with E-state index in [4.69, 9.17) is 0 Å². The van der Waals surface area contributed by atoms with E-state index in [1.165, 1.54) is 16.9 Å². The average molecular weight is 236 g/mol. The molecule has 5 heteroatoms. The molecule has 0 saturated carbocycles. The first-order valence-corrected chi connectivity index (χ1v) is 5.13. The Kier molecular flexibility index (Phi) is 2.99. The highest BCUT2D eigenvalue weighted by Gasteiger charge is 2.14. The summed E-state index contributed by atoms with van der Waals surface area (Å²) in [4.78, 5) is 10.9. The van der Waals surface area contributed by atoms with Gasteiger partial charge in [-0.25, -0.2) is 8.78 Å². The molecule has 0 bridgehead atoms. The fourth-order valence-corrected chi connectivity index (χ4v) is 1.58. The lowest BCUT2D eigenvalue weighted by molar-refractivity contribution is 0.112. The molecule has 0 amide bonds. The number of aryl methyl sites for hydroxylation is 1. The third-order valence-electron chi connectivity index (χ3n) is 2.43. The zero-order chi connectivity index (χ0) is 12.4. The van der Waals surface area contributed by atoms with Crippen LogP contribution in [0.2, 0.25) is 0 Å². The van der Waals surface area contributed by atoms with Gasteiger partial charge in [-0.3, -0.25) is 9.48 Å². The average Bonchev–Trinajstić information content (AvgIpc) is 2.72. The van der Waals surface area contributed by atoms with Crippen LogP contribution in [-0.2, 0) is 6.54 Å². The predicted molar refractivity (Wildman–Crippen MR) is 58.6 cm³/mol. The molecule has 1 aromatic carbocycles. The van der Waals surface area contributed by atoms with Gasteiger partial charge in [0.2, 0.25) is 0 Å². The third-order valence-corrected chi connectivity index (χ3v) is 2.43. The number of carbonyl (C=O) groups excluding carboxylic acids is 1. The SMILES string of the molecule is CCn1cc(C=O)c(-c2ccc(F)cc2F)n1. The Labute approximate surface area is 96.7 Å². The van der Waals surface area contributed by atoms with Crippen molar-refractivity contribution >= 4 is 6.29 Å². The summed E-state index contributed by atoms with van der Waals surface area (Å²) in [5, 5.41) is 4.08. The van der Waals surface area contributed by atoms with E-state index < -0.39 is 11.6 Å². The fourth-order valence-electron chi connectivity index (χ4n) is 1.58. The topological polar surface area (TPSA) is 34.9 Å². The van der Waals surface area contributed by atoms with Gasteiger partial charge in [0.15, 0.2) is 6.29 Å². The lowest BCUT2D eigenvalue weighted by Gasteiger charge is -2.00. The summed E-state index contributed by atoms with van der Waals surface area (Å²) >= 11 is 0. The van der Waals surface area contributed by atoms with Gasteiger partial charge in [0.05, 0.1) is 5.56 Å². The van der Waals surface area contributed by atoms with Gasteiger partial charge in [-0.1, -0.05) is 0 Å². The molecule has 1 heterocycles. The molecule has 88 valence electrons. The monoisotopic (exact) mass is 236 g/mol. The van der Waals surface area contributed by atoms with Crippen LogP contribution in [0.1, 0.15) is 17.3 Å². The molecular weight excluding hydrogens is 226 g/mol. The second kappa shape index (κ2) is 4.45. The normalized spacial score (nSPS) is 10.5. The fraction of sp³-hybridized carbons (Fsp3) is 0.167. The summed E-state index contributed by atoms with van der Waals surface area (Å²) < 4.78 is 27.9. The number of hydrogen-bond donors (Lipinski definition) is 0. The molecule has 2 aromatic rings. The summed E-state index contributed by atoms with van der Waals surface area (Å²) in [5.74, 6) is -1.39. The Balaban J connectivity index is 2.58. The number of rotatable bonds is 3. The maximum Gasteiger partial charge on any atom is 0.153 e. The van der Waals surface area contributed by atoms with Crippen molar-refractivity contribution < 1.29 is 13.6 Å². The molecule has 2 rings (SSSR count). The van der Waals surface area contributed by atoms with Crippen molar-refractivity contribution in [2.75, 3.05) is 0 Å². The highest BCUT2D eigenvalue weighted by atomic mass is 19.1. The second-order valence-corrected chi connectivity index (χ2v) is 3.53. The minimum Gasteiger partial charge on any atom is -0.298 e. The van der Waals surface area contributed by atoms with Gasteiger partial charge in [-0.15, -0.1) is 0 Å². The van der Waals surface area contributed by atoms with Crippen LogP contribution in [0, 0.1) is 11.6 Å². The van der Waals surface area contributed by atoms with E-state index in [1.54, 1.807) is 0 Å². The van der Waals surface area contributed by atoms with Gasteiger partial charge in [-0.2, -0.15) is 5.10 Å². The maximum atomic E-state index is 13.6. The number of halogens is 2. The largest absolute Gasteiger partial charge is 0.298 e. The lowest BCUT2D eigenvalue weighted by Crippen LogP contribution is -1.95. The summed E-state index contributed by atoms with van der Waals surface area (Å²) in [6.07, 6.45) is 2.14. The minimum atomic E-state index is -0.727. The van der Waals surface area contributed by atoms with Crippen LogP contribution in [0.5, 0.6) is 0 Å². The van der Waals surface area contributed by atoms with E-state index in [9.17, 15) is 13.6 Å². The van der Waals surface area contributed by atoms with E-state index >= 15 is 0 Å². The van der Waals surface area contributed by atoms with Crippen LogP contribution in [0.25, 0.3) is 11.3 Å². The van der Waals surface area contributed by atoms with Crippen molar-refractivity contribution in [3.63, 3.8) is 0 Å². The number of nitrogens with zero attached hydrogens (tertiary/aromatic N) is 2. The number of carbonyl (C=O) groups is 1. The molecule has 0 spiro atoms.